The molecule has 2 atom stereocenters. The molecule has 1 aliphatic heterocycles. The molecule has 0 radical (unpaired) electrons. The molecule has 2 aromatic carbocycles. The number of aromatic nitrogens is 2. The second kappa shape index (κ2) is 8.97. The highest BCUT2D eigenvalue weighted by Crippen LogP contribution is 2.41. The van der Waals surface area contributed by atoms with Crippen molar-refractivity contribution in [1.29, 1.82) is 0 Å². The van der Waals surface area contributed by atoms with Crippen LogP contribution in [-0.2, 0) is 36.1 Å². The normalized spacial score (nSPS) is 20.9. The summed E-state index contributed by atoms with van der Waals surface area (Å²) in [6.45, 7) is 0.282. The lowest BCUT2D eigenvalue weighted by molar-refractivity contribution is -0.137. The van der Waals surface area contributed by atoms with Crippen molar-refractivity contribution in [2.24, 2.45) is 7.05 Å². The van der Waals surface area contributed by atoms with Gasteiger partial charge in [0.15, 0.2) is 5.03 Å². The van der Waals surface area contributed by atoms with Crippen molar-refractivity contribution in [2.75, 3.05) is 20.1 Å². The first-order chi connectivity index (χ1) is 17.0. The van der Waals surface area contributed by atoms with E-state index in [-0.39, 0.29) is 41.8 Å². The Bertz CT molecular complexity index is 1400. The average Bonchev–Trinajstić information content (AvgIpc) is 3.36. The molecule has 36 heavy (non-hydrogen) atoms. The Hall–Kier alpha value is -2.76. The maximum Gasteiger partial charge on any atom is 0.416 e. The van der Waals surface area contributed by atoms with E-state index in [1.807, 2.05) is 0 Å². The van der Waals surface area contributed by atoms with Gasteiger partial charge in [-0.2, -0.15) is 17.5 Å². The summed E-state index contributed by atoms with van der Waals surface area (Å²) in [6.07, 6.45) is -0.647. The topological polar surface area (TPSA) is 67.2 Å². The van der Waals surface area contributed by atoms with Crippen molar-refractivity contribution in [1.82, 2.24) is 19.2 Å². The summed E-state index contributed by atoms with van der Waals surface area (Å²) in [7, 11) is -0.279. The van der Waals surface area contributed by atoms with Crippen LogP contribution >= 0.6 is 0 Å². The molecule has 6 nitrogen and oxygen atoms in total. The number of fused-ring (bicyclic) bond motifs is 1. The predicted octanol–water partition coefficient (Wildman–Crippen LogP) is 3.84. The highest BCUT2D eigenvalue weighted by atomic mass is 32.2. The van der Waals surface area contributed by atoms with Crippen molar-refractivity contribution in [3.8, 4) is 0 Å². The maximum absolute atomic E-state index is 15.1. The summed E-state index contributed by atoms with van der Waals surface area (Å²) in [6, 6.07) is 8.54. The number of likely N-dealkylation sites (N-methyl/N-ethyl adjacent to an activating group) is 1. The van der Waals surface area contributed by atoms with Gasteiger partial charge in [-0.25, -0.2) is 17.8 Å². The number of imidazole rings is 1. The van der Waals surface area contributed by atoms with Gasteiger partial charge < -0.3 is 9.88 Å². The Morgan fingerprint density at radius 1 is 1.14 bits per heavy atom. The number of sulfonamides is 1. The lowest BCUT2D eigenvalue weighted by Crippen LogP contribution is -2.48. The van der Waals surface area contributed by atoms with E-state index < -0.39 is 21.8 Å². The number of hydrogen-bond acceptors (Lipinski definition) is 4. The molecule has 0 saturated carbocycles. The fourth-order valence-corrected chi connectivity index (χ4v) is 6.75. The Labute approximate surface area is 207 Å². The molecule has 2 unspecified atom stereocenters. The first-order valence-corrected chi connectivity index (χ1v) is 13.0. The van der Waals surface area contributed by atoms with E-state index in [0.29, 0.717) is 24.0 Å². The molecule has 2 aliphatic rings. The minimum atomic E-state index is -4.42. The molecule has 2 heterocycles. The van der Waals surface area contributed by atoms with Crippen LogP contribution in [0.25, 0.3) is 0 Å². The summed E-state index contributed by atoms with van der Waals surface area (Å²) < 4.78 is 83.1. The molecule has 1 aromatic heterocycles. The Morgan fingerprint density at radius 2 is 1.89 bits per heavy atom. The zero-order valence-electron chi connectivity index (χ0n) is 19.8. The van der Waals surface area contributed by atoms with Crippen LogP contribution < -0.4 is 5.32 Å². The largest absolute Gasteiger partial charge is 0.416 e. The maximum atomic E-state index is 15.1. The summed E-state index contributed by atoms with van der Waals surface area (Å²) >= 11 is 0. The van der Waals surface area contributed by atoms with E-state index in [1.165, 1.54) is 35.0 Å². The van der Waals surface area contributed by atoms with Crippen LogP contribution in [0.4, 0.5) is 17.6 Å². The van der Waals surface area contributed by atoms with E-state index in [9.17, 15) is 21.6 Å². The first-order valence-electron chi connectivity index (χ1n) is 11.6. The number of alkyl halides is 3. The first kappa shape index (κ1) is 24.9. The molecule has 0 spiro atoms. The predicted molar refractivity (Wildman–Crippen MR) is 126 cm³/mol. The fraction of sp³-hybridized carbons (Fsp3) is 0.400. The molecule has 1 N–H and O–H groups in total. The number of benzene rings is 2. The number of rotatable bonds is 6. The van der Waals surface area contributed by atoms with Crippen molar-refractivity contribution < 1.29 is 26.0 Å². The van der Waals surface area contributed by atoms with E-state index in [4.69, 9.17) is 0 Å². The summed E-state index contributed by atoms with van der Waals surface area (Å²) in [4.78, 5) is 3.92. The fourth-order valence-electron chi connectivity index (χ4n) is 5.25. The number of nitrogens with one attached hydrogen (secondary N) is 1. The lowest BCUT2D eigenvalue weighted by Gasteiger charge is -2.38. The molecule has 0 amide bonds. The SMILES string of the molecule is CNC1Cc2cc(F)c(C3CN(S(=O)(=O)c4cn(C)cn4)C3)cc2C1Cc1cccc(C(F)(F)F)c1. The van der Waals surface area contributed by atoms with Gasteiger partial charge in [0.05, 0.1) is 11.9 Å². The summed E-state index contributed by atoms with van der Waals surface area (Å²) in [5, 5.41) is 3.18. The molecule has 1 saturated heterocycles. The van der Waals surface area contributed by atoms with E-state index in [1.54, 1.807) is 30.8 Å². The number of halogens is 4. The molecular formula is C25H26F4N4O2S. The highest BCUT2D eigenvalue weighted by Gasteiger charge is 2.41. The third-order valence-corrected chi connectivity index (χ3v) is 8.95. The summed E-state index contributed by atoms with van der Waals surface area (Å²) in [5.74, 6) is -0.832. The van der Waals surface area contributed by atoms with Crippen LogP contribution in [0, 0.1) is 5.82 Å². The smallest absolute Gasteiger partial charge is 0.339 e. The van der Waals surface area contributed by atoms with Gasteiger partial charge in [0.25, 0.3) is 10.0 Å². The lowest BCUT2D eigenvalue weighted by atomic mass is 9.86. The van der Waals surface area contributed by atoms with Gasteiger partial charge in [-0.05, 0) is 54.3 Å². The molecule has 1 fully saturated rings. The Balaban J connectivity index is 1.39. The van der Waals surface area contributed by atoms with Gasteiger partial charge in [0.1, 0.15) is 5.82 Å². The quantitative estimate of drug-likeness (QED) is 0.500. The molecular weight excluding hydrogens is 496 g/mol. The molecule has 5 rings (SSSR count). The van der Waals surface area contributed by atoms with Crippen LogP contribution in [0.5, 0.6) is 0 Å². The zero-order valence-corrected chi connectivity index (χ0v) is 20.6. The minimum absolute atomic E-state index is 0.0455. The second-order valence-corrected chi connectivity index (χ2v) is 11.5. The average molecular weight is 523 g/mol. The van der Waals surface area contributed by atoms with Crippen LogP contribution in [0.1, 0.15) is 39.7 Å². The van der Waals surface area contributed by atoms with Gasteiger partial charge in [0.2, 0.25) is 0 Å². The Kier molecular flexibility index (Phi) is 6.20. The van der Waals surface area contributed by atoms with E-state index >= 15 is 4.39 Å². The van der Waals surface area contributed by atoms with Crippen molar-refractivity contribution >= 4 is 10.0 Å². The third kappa shape index (κ3) is 4.44. The molecule has 192 valence electrons. The number of nitrogens with zero attached hydrogens (tertiary/aromatic N) is 3. The van der Waals surface area contributed by atoms with Gasteiger partial charge in [0, 0.05) is 44.2 Å². The minimum Gasteiger partial charge on any atom is -0.339 e. The van der Waals surface area contributed by atoms with Crippen LogP contribution in [0.3, 0.4) is 0 Å². The Morgan fingerprint density at radius 3 is 2.53 bits per heavy atom. The van der Waals surface area contributed by atoms with Gasteiger partial charge in [-0.1, -0.05) is 24.3 Å². The van der Waals surface area contributed by atoms with Crippen LogP contribution in [-0.4, -0.2) is 48.5 Å². The van der Waals surface area contributed by atoms with Gasteiger partial charge in [-0.15, -0.1) is 0 Å². The van der Waals surface area contributed by atoms with E-state index in [0.717, 1.165) is 17.2 Å². The van der Waals surface area contributed by atoms with Crippen molar-refractivity contribution in [2.45, 2.75) is 41.9 Å². The van der Waals surface area contributed by atoms with E-state index in [2.05, 4.69) is 10.3 Å². The van der Waals surface area contributed by atoms with Gasteiger partial charge >= 0.3 is 6.18 Å². The third-order valence-electron chi connectivity index (χ3n) is 7.24. The molecule has 3 aromatic rings. The van der Waals surface area contributed by atoms with Crippen molar-refractivity contribution in [3.05, 3.63) is 82.6 Å². The number of hydrogen-bond donors (Lipinski definition) is 1. The van der Waals surface area contributed by atoms with Crippen LogP contribution in [0.15, 0.2) is 53.9 Å². The second-order valence-electron chi connectivity index (χ2n) is 9.58. The zero-order chi connectivity index (χ0) is 25.8. The summed E-state index contributed by atoms with van der Waals surface area (Å²) in [5.41, 5.74) is 2.03. The standard InChI is InChI=1S/C25H26F4N4O2S/c1-30-23-9-16-8-22(26)20(17-11-33(12-17)36(34,35)24-13-32(2)14-31-24)10-19(16)21(23)7-15-4-3-5-18(6-15)25(27,28)29/h3-6,8,10,13-14,17,21,23,30H,7,9,11-12H2,1-2H3. The van der Waals surface area contributed by atoms with Crippen LogP contribution in [0.2, 0.25) is 0 Å². The molecule has 0 bridgehead atoms. The highest BCUT2D eigenvalue weighted by molar-refractivity contribution is 7.89. The van der Waals surface area contributed by atoms with Crippen molar-refractivity contribution in [3.63, 3.8) is 0 Å². The molecule has 11 heteroatoms. The molecule has 1 aliphatic carbocycles. The van der Waals surface area contributed by atoms with Gasteiger partial charge in [-0.3, -0.25) is 0 Å². The number of aryl methyl sites for hydroxylation is 1. The monoisotopic (exact) mass is 522 g/mol.